The normalized spacial score (nSPS) is 27.1. The van der Waals surface area contributed by atoms with Crippen molar-refractivity contribution in [3.05, 3.63) is 0 Å². The zero-order chi connectivity index (χ0) is 15.4. The van der Waals surface area contributed by atoms with Gasteiger partial charge in [-0.1, -0.05) is 0 Å². The second kappa shape index (κ2) is 5.06. The molecule has 2 heterocycles. The molecular formula is C10H15F3I2N2O3. The Hall–Kier alpha value is 0.600. The number of halogens is 5. The van der Waals surface area contributed by atoms with E-state index in [1.54, 1.807) is 6.92 Å². The van der Waals surface area contributed by atoms with Gasteiger partial charge in [0.25, 0.3) is 0 Å². The summed E-state index contributed by atoms with van der Waals surface area (Å²) in [6.45, 7) is 2.33. The summed E-state index contributed by atoms with van der Waals surface area (Å²) >= 11 is 0.715. The van der Waals surface area contributed by atoms with Gasteiger partial charge in [0, 0.05) is 0 Å². The van der Waals surface area contributed by atoms with Crippen molar-refractivity contribution in [3.8, 4) is 0 Å². The first-order valence-corrected chi connectivity index (χ1v) is 10.2. The van der Waals surface area contributed by atoms with E-state index in [-0.39, 0.29) is 16.7 Å². The summed E-state index contributed by atoms with van der Waals surface area (Å²) in [5, 5.41) is 9.24. The number of fused-ring (bicyclic) bond motifs is 1. The molecule has 2 aliphatic heterocycles. The van der Waals surface area contributed by atoms with Crippen molar-refractivity contribution >= 4 is 48.9 Å². The van der Waals surface area contributed by atoms with Crippen molar-refractivity contribution in [3.63, 3.8) is 0 Å². The number of ether oxygens (including phenoxy) is 1. The van der Waals surface area contributed by atoms with E-state index in [0.717, 1.165) is 6.92 Å². The van der Waals surface area contributed by atoms with Crippen LogP contribution < -0.4 is 7.06 Å². The van der Waals surface area contributed by atoms with Gasteiger partial charge in [-0.05, 0) is 0 Å². The average Bonchev–Trinajstić information content (AvgIpc) is 3.09. The van der Waals surface area contributed by atoms with E-state index in [4.69, 9.17) is 4.74 Å². The van der Waals surface area contributed by atoms with Gasteiger partial charge in [0.2, 0.25) is 0 Å². The fourth-order valence-electron chi connectivity index (χ4n) is 1.58. The van der Waals surface area contributed by atoms with Crippen LogP contribution in [0.3, 0.4) is 0 Å². The van der Waals surface area contributed by atoms with Crippen LogP contribution in [0.25, 0.3) is 0 Å². The number of hydrogen-bond donors (Lipinski definition) is 3. The van der Waals surface area contributed by atoms with E-state index >= 15 is 0 Å². The Labute approximate surface area is 135 Å². The number of rotatable bonds is 6. The molecule has 0 aromatic rings. The van der Waals surface area contributed by atoms with Crippen molar-refractivity contribution in [1.29, 1.82) is 0 Å². The Kier molecular flexibility index (Phi) is 4.29. The van der Waals surface area contributed by atoms with Crippen LogP contribution in [0.4, 0.5) is 13.2 Å². The van der Waals surface area contributed by atoms with Crippen molar-refractivity contribution < 1.29 is 27.8 Å². The molecule has 0 saturated carbocycles. The van der Waals surface area contributed by atoms with Crippen molar-refractivity contribution in [2.45, 2.75) is 45.6 Å². The molecule has 10 heteroatoms. The second-order valence-corrected chi connectivity index (χ2v) is 11.6. The van der Waals surface area contributed by atoms with Gasteiger partial charge < -0.3 is 0 Å². The summed E-state index contributed by atoms with van der Waals surface area (Å²) in [6, 6.07) is 0. The molecule has 2 atom stereocenters. The van der Waals surface area contributed by atoms with Gasteiger partial charge in [-0.25, -0.2) is 0 Å². The molecule has 0 aromatic heterocycles. The molecule has 2 saturated heterocycles. The minimum absolute atomic E-state index is 0.0405. The molecular weight excluding hydrogens is 507 g/mol. The Bertz CT molecular complexity index is 422. The van der Waals surface area contributed by atoms with Crippen molar-refractivity contribution in [2.75, 3.05) is 6.61 Å². The van der Waals surface area contributed by atoms with Crippen LogP contribution in [0, 0.1) is 0 Å². The molecule has 0 amide bonds. The Morgan fingerprint density at radius 3 is 2.30 bits per heavy atom. The fraction of sp³-hybridized carbons (Fsp3) is 0.900. The van der Waals surface area contributed by atoms with Gasteiger partial charge >= 0.3 is 136 Å². The number of aliphatic hydroxyl groups is 1. The summed E-state index contributed by atoms with van der Waals surface area (Å²) in [5.41, 5.74) is -2.75. The fourth-order valence-corrected chi connectivity index (χ4v) is 9.37. The number of hydrogen-bond acceptors (Lipinski definition) is 5. The van der Waals surface area contributed by atoms with E-state index in [9.17, 15) is 23.1 Å². The topological polar surface area (TPSA) is 90.4 Å². The predicted molar refractivity (Wildman–Crippen MR) is 82.3 cm³/mol. The number of alkyl halides is 5. The van der Waals surface area contributed by atoms with E-state index in [1.165, 1.54) is 0 Å². The summed E-state index contributed by atoms with van der Waals surface area (Å²) in [6.07, 6.45) is -5.22. The summed E-state index contributed by atoms with van der Waals surface area (Å²) in [7, 11) is 0. The van der Waals surface area contributed by atoms with Crippen LogP contribution in [0.2, 0.25) is 0 Å². The molecule has 2 rings (SSSR count). The minimum atomic E-state index is -4.68. The van der Waals surface area contributed by atoms with Gasteiger partial charge in [-0.3, -0.25) is 0 Å². The number of carbonyl (C=O) groups is 1. The van der Waals surface area contributed by atoms with E-state index < -0.39 is 48.0 Å². The van der Waals surface area contributed by atoms with Gasteiger partial charge in [0.15, 0.2) is 0 Å². The van der Waals surface area contributed by atoms with Crippen LogP contribution in [0.1, 0.15) is 26.7 Å². The second-order valence-electron chi connectivity index (χ2n) is 5.14. The zero-order valence-electron chi connectivity index (χ0n) is 10.8. The molecule has 2 unspecified atom stereocenters. The molecule has 118 valence electrons. The Morgan fingerprint density at radius 1 is 1.40 bits per heavy atom. The molecule has 0 spiro atoms. The van der Waals surface area contributed by atoms with Crippen molar-refractivity contribution in [1.82, 2.24) is 7.06 Å². The molecule has 5 nitrogen and oxygen atoms in total. The number of nitrogens with one attached hydrogen (secondary N) is 2. The van der Waals surface area contributed by atoms with Gasteiger partial charge in [-0.15, -0.1) is 0 Å². The standard InChI is InChI=1S/C10H15F3I2N2O3/c1-7(19,9(11,12)13)4-3-5-20-6(18)8(2,14)10-15(16-10)17-10/h16-17,19H,3-5H2,1-2H3. The quantitative estimate of drug-likeness (QED) is 0.0946. The molecule has 20 heavy (non-hydrogen) atoms. The maximum atomic E-state index is 12.4. The molecule has 0 radical (unpaired) electrons. The monoisotopic (exact) mass is 522 g/mol. The van der Waals surface area contributed by atoms with Gasteiger partial charge in [0.05, 0.1) is 0 Å². The average molecular weight is 522 g/mol. The van der Waals surface area contributed by atoms with Crippen LogP contribution in [-0.4, -0.2) is 36.6 Å². The SMILES string of the molecule is CC(O)(CCCOC(=O)C(C)(I)C12NI1N2)C(F)(F)F. The molecule has 2 aliphatic rings. The zero-order valence-corrected chi connectivity index (χ0v) is 15.1. The van der Waals surface area contributed by atoms with Gasteiger partial charge in [-0.2, -0.15) is 0 Å². The summed E-state index contributed by atoms with van der Waals surface area (Å²) in [5.74, 6) is -0.443. The predicted octanol–water partition coefficient (Wildman–Crippen LogP) is 2.01. The van der Waals surface area contributed by atoms with Gasteiger partial charge in [0.1, 0.15) is 0 Å². The Morgan fingerprint density at radius 2 is 1.90 bits per heavy atom. The first-order valence-electron chi connectivity index (χ1n) is 5.85. The van der Waals surface area contributed by atoms with E-state index in [1.807, 2.05) is 22.6 Å². The molecule has 3 N–H and O–H groups in total. The Balaban J connectivity index is 1.73. The van der Waals surface area contributed by atoms with Crippen LogP contribution in [0.15, 0.2) is 0 Å². The van der Waals surface area contributed by atoms with Crippen LogP contribution in [0.5, 0.6) is 0 Å². The third kappa shape index (κ3) is 2.90. The molecule has 0 bridgehead atoms. The molecule has 2 fully saturated rings. The van der Waals surface area contributed by atoms with Crippen LogP contribution >= 0.6 is 43.0 Å². The third-order valence-corrected chi connectivity index (χ3v) is 10.5. The van der Waals surface area contributed by atoms with Crippen LogP contribution in [-0.2, 0) is 9.53 Å². The third-order valence-electron chi connectivity index (χ3n) is 3.34. The molecule has 0 aromatic carbocycles. The summed E-state index contributed by atoms with van der Waals surface area (Å²) < 4.78 is 47.7. The first-order chi connectivity index (χ1) is 8.94. The van der Waals surface area contributed by atoms with E-state index in [2.05, 4.69) is 7.06 Å². The number of esters is 1. The van der Waals surface area contributed by atoms with E-state index in [0.29, 0.717) is 0 Å². The summed E-state index contributed by atoms with van der Waals surface area (Å²) in [4.78, 5) is 11.9. The maximum absolute atomic E-state index is 12.4. The molecule has 0 aliphatic carbocycles. The number of carbonyl (C=O) groups excluding carboxylic acids is 1. The first kappa shape index (κ1) is 17.0. The van der Waals surface area contributed by atoms with Crippen molar-refractivity contribution in [2.24, 2.45) is 0 Å².